The third-order valence-corrected chi connectivity index (χ3v) is 4.09. The minimum atomic E-state index is 0.548. The van der Waals surface area contributed by atoms with Crippen LogP contribution >= 0.6 is 0 Å². The highest BCUT2D eigenvalue weighted by Crippen LogP contribution is 2.24. The minimum absolute atomic E-state index is 0.548. The summed E-state index contributed by atoms with van der Waals surface area (Å²) < 4.78 is 5.50. The molecule has 0 aromatic heterocycles. The van der Waals surface area contributed by atoms with E-state index < -0.39 is 0 Å². The van der Waals surface area contributed by atoms with Crippen molar-refractivity contribution in [1.82, 2.24) is 10.6 Å². The van der Waals surface area contributed by atoms with Gasteiger partial charge in [-0.2, -0.15) is 0 Å². The van der Waals surface area contributed by atoms with Gasteiger partial charge in [0, 0.05) is 24.7 Å². The van der Waals surface area contributed by atoms with Crippen LogP contribution in [-0.2, 0) is 4.74 Å². The van der Waals surface area contributed by atoms with Gasteiger partial charge < -0.3 is 15.4 Å². The van der Waals surface area contributed by atoms with Crippen LogP contribution in [0.5, 0.6) is 0 Å². The molecule has 0 spiro atoms. The summed E-state index contributed by atoms with van der Waals surface area (Å²) in [5.41, 5.74) is 0. The van der Waals surface area contributed by atoms with E-state index in [1.807, 2.05) is 0 Å². The van der Waals surface area contributed by atoms with E-state index in [9.17, 15) is 0 Å². The Morgan fingerprint density at radius 2 is 2.29 bits per heavy atom. The normalized spacial score (nSPS) is 36.7. The molecular weight excluding hydrogens is 212 g/mol. The van der Waals surface area contributed by atoms with Crippen molar-refractivity contribution in [1.29, 1.82) is 0 Å². The molecule has 0 aromatic rings. The molecule has 0 bridgehead atoms. The second kappa shape index (κ2) is 6.72. The summed E-state index contributed by atoms with van der Waals surface area (Å²) >= 11 is 0. The molecule has 100 valence electrons. The monoisotopic (exact) mass is 240 g/mol. The molecule has 3 heteroatoms. The summed E-state index contributed by atoms with van der Waals surface area (Å²) in [5, 5.41) is 7.33. The van der Waals surface area contributed by atoms with Crippen LogP contribution in [0.2, 0.25) is 0 Å². The number of rotatable bonds is 4. The molecule has 17 heavy (non-hydrogen) atoms. The van der Waals surface area contributed by atoms with E-state index in [1.165, 1.54) is 32.1 Å². The fourth-order valence-corrected chi connectivity index (χ4v) is 3.25. The predicted molar refractivity (Wildman–Crippen MR) is 71.2 cm³/mol. The van der Waals surface area contributed by atoms with Crippen LogP contribution in [0, 0.1) is 5.92 Å². The minimum Gasteiger partial charge on any atom is -0.379 e. The zero-order chi connectivity index (χ0) is 12.1. The highest BCUT2D eigenvalue weighted by Gasteiger charge is 2.22. The van der Waals surface area contributed by atoms with E-state index >= 15 is 0 Å². The number of hydrogen-bond donors (Lipinski definition) is 2. The molecule has 2 aliphatic rings. The van der Waals surface area contributed by atoms with Crippen LogP contribution in [0.3, 0.4) is 0 Å². The van der Waals surface area contributed by atoms with Crippen molar-refractivity contribution in [2.24, 2.45) is 5.92 Å². The maximum atomic E-state index is 5.50. The molecule has 1 heterocycles. The third kappa shape index (κ3) is 4.57. The largest absolute Gasteiger partial charge is 0.379 e. The van der Waals surface area contributed by atoms with Gasteiger partial charge in [-0.05, 0) is 32.1 Å². The SMILES string of the molecule is CC1CCCC(NC(C)CC2COCCN2)C1. The van der Waals surface area contributed by atoms with E-state index in [2.05, 4.69) is 24.5 Å². The summed E-state index contributed by atoms with van der Waals surface area (Å²) in [5.74, 6) is 0.907. The van der Waals surface area contributed by atoms with Gasteiger partial charge in [-0.15, -0.1) is 0 Å². The lowest BCUT2D eigenvalue weighted by atomic mass is 9.86. The van der Waals surface area contributed by atoms with Gasteiger partial charge in [0.2, 0.25) is 0 Å². The van der Waals surface area contributed by atoms with Gasteiger partial charge in [-0.25, -0.2) is 0 Å². The number of hydrogen-bond acceptors (Lipinski definition) is 3. The second-order valence-corrected chi connectivity index (χ2v) is 6.00. The smallest absolute Gasteiger partial charge is 0.0620 e. The van der Waals surface area contributed by atoms with Crippen molar-refractivity contribution < 1.29 is 4.74 Å². The van der Waals surface area contributed by atoms with Crippen LogP contribution in [0.1, 0.15) is 46.0 Å². The van der Waals surface area contributed by atoms with Crippen LogP contribution in [0.4, 0.5) is 0 Å². The predicted octanol–water partition coefficient (Wildman–Crippen LogP) is 1.92. The molecule has 4 atom stereocenters. The van der Waals surface area contributed by atoms with Gasteiger partial charge in [0.25, 0.3) is 0 Å². The number of ether oxygens (including phenoxy) is 1. The Morgan fingerprint density at radius 1 is 1.41 bits per heavy atom. The van der Waals surface area contributed by atoms with Crippen LogP contribution in [0.15, 0.2) is 0 Å². The zero-order valence-corrected chi connectivity index (χ0v) is 11.4. The van der Waals surface area contributed by atoms with Crippen molar-refractivity contribution in [3.8, 4) is 0 Å². The van der Waals surface area contributed by atoms with Gasteiger partial charge >= 0.3 is 0 Å². The summed E-state index contributed by atoms with van der Waals surface area (Å²) in [6, 6.07) is 1.90. The highest BCUT2D eigenvalue weighted by atomic mass is 16.5. The van der Waals surface area contributed by atoms with Crippen molar-refractivity contribution in [3.05, 3.63) is 0 Å². The average molecular weight is 240 g/mol. The van der Waals surface area contributed by atoms with Crippen molar-refractivity contribution in [3.63, 3.8) is 0 Å². The molecule has 0 aromatic carbocycles. The van der Waals surface area contributed by atoms with Crippen molar-refractivity contribution in [2.75, 3.05) is 19.8 Å². The molecule has 0 amide bonds. The molecule has 4 unspecified atom stereocenters. The molecule has 1 aliphatic carbocycles. The molecular formula is C14H28N2O. The van der Waals surface area contributed by atoms with Gasteiger partial charge in [-0.3, -0.25) is 0 Å². The van der Waals surface area contributed by atoms with Gasteiger partial charge in [0.15, 0.2) is 0 Å². The lowest BCUT2D eigenvalue weighted by molar-refractivity contribution is 0.0703. The lowest BCUT2D eigenvalue weighted by Gasteiger charge is -2.32. The fourth-order valence-electron chi connectivity index (χ4n) is 3.25. The Kier molecular flexibility index (Phi) is 5.26. The molecule has 3 nitrogen and oxygen atoms in total. The Morgan fingerprint density at radius 3 is 3.00 bits per heavy atom. The van der Waals surface area contributed by atoms with E-state index in [-0.39, 0.29) is 0 Å². The number of nitrogens with one attached hydrogen (secondary N) is 2. The molecule has 2 rings (SSSR count). The quantitative estimate of drug-likeness (QED) is 0.787. The van der Waals surface area contributed by atoms with E-state index in [1.54, 1.807) is 0 Å². The van der Waals surface area contributed by atoms with Gasteiger partial charge in [0.05, 0.1) is 13.2 Å². The van der Waals surface area contributed by atoms with E-state index in [0.29, 0.717) is 12.1 Å². The van der Waals surface area contributed by atoms with Crippen LogP contribution in [0.25, 0.3) is 0 Å². The number of morpholine rings is 1. The van der Waals surface area contributed by atoms with Crippen LogP contribution in [-0.4, -0.2) is 37.9 Å². The Balaban J connectivity index is 1.66. The molecule has 0 radical (unpaired) electrons. The lowest BCUT2D eigenvalue weighted by Crippen LogP contribution is -2.47. The maximum absolute atomic E-state index is 5.50. The topological polar surface area (TPSA) is 33.3 Å². The molecule has 2 fully saturated rings. The van der Waals surface area contributed by atoms with Crippen LogP contribution < -0.4 is 10.6 Å². The summed E-state index contributed by atoms with van der Waals surface area (Å²) in [6.07, 6.45) is 6.73. The first-order chi connectivity index (χ1) is 8.24. The summed E-state index contributed by atoms with van der Waals surface area (Å²) in [6.45, 7) is 7.47. The van der Waals surface area contributed by atoms with Crippen molar-refractivity contribution in [2.45, 2.75) is 64.1 Å². The van der Waals surface area contributed by atoms with Crippen molar-refractivity contribution >= 4 is 0 Å². The maximum Gasteiger partial charge on any atom is 0.0620 e. The first-order valence-electron chi connectivity index (χ1n) is 7.31. The molecule has 1 aliphatic heterocycles. The zero-order valence-electron chi connectivity index (χ0n) is 11.4. The van der Waals surface area contributed by atoms with Gasteiger partial charge in [-0.1, -0.05) is 19.8 Å². The molecule has 2 N–H and O–H groups in total. The third-order valence-electron chi connectivity index (χ3n) is 4.09. The first kappa shape index (κ1) is 13.3. The fraction of sp³-hybridized carbons (Fsp3) is 1.00. The Hall–Kier alpha value is -0.120. The Bertz CT molecular complexity index is 216. The summed E-state index contributed by atoms with van der Waals surface area (Å²) in [7, 11) is 0. The average Bonchev–Trinajstić information content (AvgIpc) is 2.30. The van der Waals surface area contributed by atoms with Gasteiger partial charge in [0.1, 0.15) is 0 Å². The Labute approximate surface area is 106 Å². The van der Waals surface area contributed by atoms with E-state index in [4.69, 9.17) is 4.74 Å². The standard InChI is InChI=1S/C14H28N2O/c1-11-4-3-5-13(8-11)16-12(2)9-14-10-17-7-6-15-14/h11-16H,3-10H2,1-2H3. The van der Waals surface area contributed by atoms with E-state index in [0.717, 1.165) is 31.7 Å². The second-order valence-electron chi connectivity index (χ2n) is 6.00. The highest BCUT2D eigenvalue weighted by molar-refractivity contribution is 4.81. The molecule has 1 saturated heterocycles. The molecule has 1 saturated carbocycles. The summed E-state index contributed by atoms with van der Waals surface area (Å²) in [4.78, 5) is 0. The first-order valence-corrected chi connectivity index (χ1v) is 7.31.